The number of hydrogen-bond donors (Lipinski definition) is 2. The molecule has 2 aliphatic heterocycles. The summed E-state index contributed by atoms with van der Waals surface area (Å²) in [6.45, 7) is 2.72. The Morgan fingerprint density at radius 1 is 1.15 bits per heavy atom. The normalized spacial score (nSPS) is 18.1. The molecule has 1 aromatic carbocycles. The molecule has 4 amide bonds. The van der Waals surface area contributed by atoms with E-state index in [0.717, 1.165) is 38.5 Å². The van der Waals surface area contributed by atoms with E-state index < -0.39 is 23.8 Å². The summed E-state index contributed by atoms with van der Waals surface area (Å²) in [7, 11) is 0. The Bertz CT molecular complexity index is 1320. The van der Waals surface area contributed by atoms with Crippen LogP contribution in [0.5, 0.6) is 0 Å². The van der Waals surface area contributed by atoms with Gasteiger partial charge in [0.05, 0.1) is 16.5 Å². The van der Waals surface area contributed by atoms with Crippen molar-refractivity contribution in [2.45, 2.75) is 38.6 Å². The minimum atomic E-state index is -0.951. The molecule has 0 spiro atoms. The van der Waals surface area contributed by atoms with Crippen molar-refractivity contribution >= 4 is 51.0 Å². The molecule has 2 N–H and O–H groups in total. The monoisotopic (exact) mass is 463 g/mol. The molecule has 10 heteroatoms. The Morgan fingerprint density at radius 3 is 2.79 bits per heavy atom. The fraction of sp³-hybridized carbons (Fsp3) is 0.304. The van der Waals surface area contributed by atoms with E-state index in [2.05, 4.69) is 26.0 Å². The number of piperidine rings is 1. The average Bonchev–Trinajstić information content (AvgIpc) is 3.30. The molecule has 33 heavy (non-hydrogen) atoms. The zero-order valence-electron chi connectivity index (χ0n) is 17.9. The highest BCUT2D eigenvalue weighted by Crippen LogP contribution is 2.30. The van der Waals surface area contributed by atoms with Crippen LogP contribution in [0, 0.1) is 6.92 Å². The molecule has 2 aliphatic rings. The van der Waals surface area contributed by atoms with Crippen molar-refractivity contribution in [2.75, 3.05) is 11.9 Å². The predicted molar refractivity (Wildman–Crippen MR) is 122 cm³/mol. The number of nitrogens with zero attached hydrogens (tertiary/aromatic N) is 3. The molecular weight excluding hydrogens is 442 g/mol. The number of benzene rings is 1. The van der Waals surface area contributed by atoms with E-state index in [1.165, 1.54) is 0 Å². The summed E-state index contributed by atoms with van der Waals surface area (Å²) in [5.74, 6) is -1.15. The van der Waals surface area contributed by atoms with Gasteiger partial charge in [0.15, 0.2) is 0 Å². The summed E-state index contributed by atoms with van der Waals surface area (Å²) in [6, 6.07) is 4.26. The molecule has 2 aromatic heterocycles. The quantitative estimate of drug-likeness (QED) is 0.425. The van der Waals surface area contributed by atoms with Crippen LogP contribution in [0.3, 0.4) is 0 Å². The number of anilines is 1. The number of fused-ring (bicyclic) bond motifs is 2. The number of aryl methyl sites for hydroxylation is 2. The molecule has 0 saturated carbocycles. The van der Waals surface area contributed by atoms with E-state index in [1.807, 2.05) is 13.0 Å². The average molecular weight is 464 g/mol. The minimum Gasteiger partial charge on any atom is -0.369 e. The van der Waals surface area contributed by atoms with Gasteiger partial charge in [-0.25, -0.2) is 9.97 Å². The molecule has 0 aliphatic carbocycles. The Hall–Kier alpha value is -3.66. The fourth-order valence-electron chi connectivity index (χ4n) is 4.32. The van der Waals surface area contributed by atoms with Crippen molar-refractivity contribution in [1.82, 2.24) is 20.2 Å². The Labute approximate surface area is 193 Å². The third-order valence-corrected chi connectivity index (χ3v) is 7.00. The zero-order valence-corrected chi connectivity index (χ0v) is 18.7. The lowest BCUT2D eigenvalue weighted by Gasteiger charge is -2.27. The van der Waals surface area contributed by atoms with E-state index in [-0.39, 0.29) is 18.7 Å². The van der Waals surface area contributed by atoms with Gasteiger partial charge in [0.25, 0.3) is 11.8 Å². The van der Waals surface area contributed by atoms with Gasteiger partial charge in [0.2, 0.25) is 11.8 Å². The number of carbonyl (C=O) groups is 4. The maximum absolute atomic E-state index is 12.9. The Kier molecular flexibility index (Phi) is 5.37. The van der Waals surface area contributed by atoms with Crippen LogP contribution in [0.25, 0.3) is 10.2 Å². The highest BCUT2D eigenvalue weighted by molar-refractivity contribution is 7.17. The second-order valence-electron chi connectivity index (χ2n) is 8.18. The first-order valence-electron chi connectivity index (χ1n) is 10.7. The molecule has 1 fully saturated rings. The van der Waals surface area contributed by atoms with Crippen molar-refractivity contribution in [2.24, 2.45) is 0 Å². The maximum atomic E-state index is 12.9. The molecule has 9 nitrogen and oxygen atoms in total. The summed E-state index contributed by atoms with van der Waals surface area (Å²) in [5.41, 5.74) is 2.67. The van der Waals surface area contributed by atoms with Crippen molar-refractivity contribution in [3.8, 4) is 0 Å². The van der Waals surface area contributed by atoms with Crippen LogP contribution in [0.1, 0.15) is 51.1 Å². The van der Waals surface area contributed by atoms with E-state index in [0.29, 0.717) is 24.1 Å². The van der Waals surface area contributed by atoms with Gasteiger partial charge in [-0.15, -0.1) is 11.3 Å². The van der Waals surface area contributed by atoms with Crippen molar-refractivity contribution < 1.29 is 19.2 Å². The Morgan fingerprint density at radius 2 is 1.97 bits per heavy atom. The number of rotatable bonds is 6. The van der Waals surface area contributed by atoms with Crippen LogP contribution < -0.4 is 10.6 Å². The highest BCUT2D eigenvalue weighted by atomic mass is 32.1. The van der Waals surface area contributed by atoms with Gasteiger partial charge in [-0.1, -0.05) is 6.07 Å². The van der Waals surface area contributed by atoms with Gasteiger partial charge in [-0.2, -0.15) is 0 Å². The standard InChI is InChI=1S/C23H21N5O4S/c1-12-10-33-21-18(12)19(25-11-26-21)24-8-2-3-13-4-5-14-15(9-13)23(32)28(22(14)31)16-6-7-17(29)27-20(16)30/h4-5,9-11,16H,2-3,6-8H2,1H3,(H,24,25,26)(H,27,29,30). The van der Waals surface area contributed by atoms with E-state index in [4.69, 9.17) is 0 Å². The summed E-state index contributed by atoms with van der Waals surface area (Å²) < 4.78 is 0. The summed E-state index contributed by atoms with van der Waals surface area (Å²) in [4.78, 5) is 59.9. The third kappa shape index (κ3) is 3.76. The first kappa shape index (κ1) is 21.2. The van der Waals surface area contributed by atoms with Gasteiger partial charge in [0.1, 0.15) is 23.0 Å². The first-order chi connectivity index (χ1) is 15.9. The van der Waals surface area contributed by atoms with Gasteiger partial charge in [-0.3, -0.25) is 29.4 Å². The lowest BCUT2D eigenvalue weighted by atomic mass is 10.0. The zero-order chi connectivity index (χ0) is 23.1. The number of amides is 4. The Balaban J connectivity index is 1.24. The third-order valence-electron chi connectivity index (χ3n) is 5.99. The van der Waals surface area contributed by atoms with E-state index in [9.17, 15) is 19.2 Å². The van der Waals surface area contributed by atoms with Crippen LogP contribution in [0.15, 0.2) is 29.9 Å². The second-order valence-corrected chi connectivity index (χ2v) is 9.04. The molecule has 1 atom stereocenters. The number of nitrogens with one attached hydrogen (secondary N) is 2. The smallest absolute Gasteiger partial charge is 0.262 e. The number of hydrogen-bond acceptors (Lipinski definition) is 8. The maximum Gasteiger partial charge on any atom is 0.262 e. The molecule has 4 heterocycles. The first-order valence-corrected chi connectivity index (χ1v) is 11.6. The number of aromatic nitrogens is 2. The predicted octanol–water partition coefficient (Wildman–Crippen LogP) is 2.45. The molecule has 3 aromatic rings. The van der Waals surface area contributed by atoms with Crippen LogP contribution in [0.4, 0.5) is 5.82 Å². The molecular formula is C23H21N5O4S. The van der Waals surface area contributed by atoms with Crippen LogP contribution in [-0.4, -0.2) is 51.1 Å². The van der Waals surface area contributed by atoms with Crippen molar-refractivity contribution in [3.05, 3.63) is 52.2 Å². The van der Waals surface area contributed by atoms with Gasteiger partial charge in [0, 0.05) is 13.0 Å². The SMILES string of the molecule is Cc1csc2ncnc(NCCCc3ccc4c(c3)C(=O)N(C3CCC(=O)NC3=O)C4=O)c12. The lowest BCUT2D eigenvalue weighted by Crippen LogP contribution is -2.54. The van der Waals surface area contributed by atoms with E-state index in [1.54, 1.807) is 29.8 Å². The number of imide groups is 2. The highest BCUT2D eigenvalue weighted by Gasteiger charge is 2.44. The van der Waals surface area contributed by atoms with Crippen molar-refractivity contribution in [1.29, 1.82) is 0 Å². The lowest BCUT2D eigenvalue weighted by molar-refractivity contribution is -0.136. The van der Waals surface area contributed by atoms with Gasteiger partial charge >= 0.3 is 0 Å². The summed E-state index contributed by atoms with van der Waals surface area (Å²) in [5, 5.41) is 8.67. The molecule has 5 rings (SSSR count). The molecule has 0 radical (unpaired) electrons. The summed E-state index contributed by atoms with van der Waals surface area (Å²) >= 11 is 1.59. The molecule has 0 bridgehead atoms. The van der Waals surface area contributed by atoms with Crippen LogP contribution in [-0.2, 0) is 16.0 Å². The minimum absolute atomic E-state index is 0.103. The van der Waals surface area contributed by atoms with Gasteiger partial charge in [-0.05, 0) is 54.8 Å². The molecule has 168 valence electrons. The topological polar surface area (TPSA) is 121 Å². The molecule has 1 saturated heterocycles. The number of thiophene rings is 1. The van der Waals surface area contributed by atoms with Crippen LogP contribution in [0.2, 0.25) is 0 Å². The van der Waals surface area contributed by atoms with Crippen LogP contribution >= 0.6 is 11.3 Å². The van der Waals surface area contributed by atoms with E-state index >= 15 is 0 Å². The number of carbonyl (C=O) groups excluding carboxylic acids is 4. The molecule has 1 unspecified atom stereocenters. The van der Waals surface area contributed by atoms with Crippen molar-refractivity contribution in [3.63, 3.8) is 0 Å². The fourth-order valence-corrected chi connectivity index (χ4v) is 5.21. The second kappa shape index (κ2) is 8.36. The van der Waals surface area contributed by atoms with Gasteiger partial charge < -0.3 is 5.32 Å². The largest absolute Gasteiger partial charge is 0.369 e. The summed E-state index contributed by atoms with van der Waals surface area (Å²) in [6.07, 6.45) is 3.31.